The number of carbonyl (C=O) groups is 3. The summed E-state index contributed by atoms with van der Waals surface area (Å²) in [4.78, 5) is 44.3. The molecule has 46 heavy (non-hydrogen) atoms. The summed E-state index contributed by atoms with van der Waals surface area (Å²) < 4.78 is 43.2. The minimum absolute atomic E-state index is 0.0125. The topological polar surface area (TPSA) is 144 Å². The number of amides is 2. The molecule has 0 saturated carbocycles. The number of benzene rings is 2. The van der Waals surface area contributed by atoms with Gasteiger partial charge in [-0.05, 0) is 60.8 Å². The average molecular weight is 645 g/mol. The summed E-state index contributed by atoms with van der Waals surface area (Å²) in [5.74, 6) is -3.74. The number of ether oxygens (including phenoxy) is 1. The van der Waals surface area contributed by atoms with E-state index in [-0.39, 0.29) is 17.7 Å². The Bertz CT molecular complexity index is 1570. The van der Waals surface area contributed by atoms with Gasteiger partial charge in [0.2, 0.25) is 11.8 Å². The standard InChI is InChI=1S/C33H39F3N4O6/c1-31(38-18-23(42)19-41,20-46-30(45)33(34,35)36)29(44)39-27(16-22-17-37-26-9-5-3-7-24(22)26)28(43)40-14-12-32(13-15-40)11-10-21-6-2-4-8-25(21)32/h2-9,17,23,27,37-38,41-42H,10-16,18-20H2,1H3,(H,39,44)/t23-,27-,31?/m1/s1. The Balaban J connectivity index is 1.38. The van der Waals surface area contributed by atoms with Crippen LogP contribution in [0.5, 0.6) is 0 Å². The number of fused-ring (bicyclic) bond motifs is 3. The van der Waals surface area contributed by atoms with Crippen molar-refractivity contribution < 1.29 is 42.5 Å². The largest absolute Gasteiger partial charge is 0.490 e. The molecule has 13 heteroatoms. The molecule has 1 spiro atoms. The van der Waals surface area contributed by atoms with Gasteiger partial charge in [-0.1, -0.05) is 42.5 Å². The van der Waals surface area contributed by atoms with Crippen molar-refractivity contribution in [1.82, 2.24) is 20.5 Å². The minimum Gasteiger partial charge on any atom is -0.457 e. The number of para-hydroxylation sites is 1. The minimum atomic E-state index is -5.29. The number of aryl methyl sites for hydroxylation is 1. The van der Waals surface area contributed by atoms with Gasteiger partial charge in [-0.3, -0.25) is 14.9 Å². The Kier molecular flexibility index (Phi) is 9.75. The normalized spacial score (nSPS) is 18.5. The number of hydrogen-bond donors (Lipinski definition) is 5. The molecule has 1 aliphatic heterocycles. The molecule has 3 aromatic rings. The average Bonchev–Trinajstić information content (AvgIpc) is 3.63. The van der Waals surface area contributed by atoms with Crippen LogP contribution in [0, 0.1) is 0 Å². The van der Waals surface area contributed by atoms with Crippen LogP contribution < -0.4 is 10.6 Å². The number of β-amino-alcohol motifs (C(OH)–C–C–N with tert-alkyl or cyclic N) is 1. The van der Waals surface area contributed by atoms with Crippen LogP contribution in [0.15, 0.2) is 54.7 Å². The van der Waals surface area contributed by atoms with Crippen LogP contribution in [-0.4, -0.2) is 94.6 Å². The molecule has 0 bridgehead atoms. The number of aliphatic hydroxyl groups is 2. The number of carbonyl (C=O) groups excluding carboxylic acids is 3. The molecule has 2 aliphatic rings. The number of hydrogen-bond acceptors (Lipinski definition) is 7. The van der Waals surface area contributed by atoms with E-state index >= 15 is 0 Å². The fourth-order valence-electron chi connectivity index (χ4n) is 6.59. The first-order chi connectivity index (χ1) is 21.8. The lowest BCUT2D eigenvalue weighted by molar-refractivity contribution is -0.201. The summed E-state index contributed by atoms with van der Waals surface area (Å²) in [6.45, 7) is 0.000488. The maximum Gasteiger partial charge on any atom is 0.490 e. The zero-order valence-corrected chi connectivity index (χ0v) is 25.5. The molecule has 3 atom stereocenters. The van der Waals surface area contributed by atoms with Gasteiger partial charge in [0.25, 0.3) is 0 Å². The summed E-state index contributed by atoms with van der Waals surface area (Å²) >= 11 is 0. The zero-order valence-electron chi connectivity index (χ0n) is 25.5. The van der Waals surface area contributed by atoms with Gasteiger partial charge < -0.3 is 30.2 Å². The van der Waals surface area contributed by atoms with Crippen molar-refractivity contribution in [2.75, 3.05) is 32.8 Å². The monoisotopic (exact) mass is 644 g/mol. The van der Waals surface area contributed by atoms with E-state index in [9.17, 15) is 37.8 Å². The number of nitrogens with one attached hydrogen (secondary N) is 3. The highest BCUT2D eigenvalue weighted by atomic mass is 19.4. The molecule has 1 unspecified atom stereocenters. The number of likely N-dealkylation sites (tertiary alicyclic amines) is 1. The molecular formula is C33H39F3N4O6. The van der Waals surface area contributed by atoms with Crippen molar-refractivity contribution in [3.8, 4) is 0 Å². The molecular weight excluding hydrogens is 605 g/mol. The second-order valence-corrected chi connectivity index (χ2v) is 12.5. The second-order valence-electron chi connectivity index (χ2n) is 12.5. The van der Waals surface area contributed by atoms with E-state index in [0.29, 0.717) is 13.1 Å². The fourth-order valence-corrected chi connectivity index (χ4v) is 6.59. The van der Waals surface area contributed by atoms with Crippen LogP contribution in [0.25, 0.3) is 10.9 Å². The van der Waals surface area contributed by atoms with Gasteiger partial charge in [0, 0.05) is 43.2 Å². The lowest BCUT2D eigenvalue weighted by atomic mass is 9.73. The molecule has 5 N–H and O–H groups in total. The third-order valence-corrected chi connectivity index (χ3v) is 9.36. The molecule has 2 heterocycles. The Morgan fingerprint density at radius 1 is 1.07 bits per heavy atom. The zero-order chi connectivity index (χ0) is 33.1. The van der Waals surface area contributed by atoms with Crippen molar-refractivity contribution in [2.45, 2.75) is 68.3 Å². The van der Waals surface area contributed by atoms with Crippen LogP contribution in [0.3, 0.4) is 0 Å². The van der Waals surface area contributed by atoms with E-state index in [0.717, 1.165) is 42.1 Å². The van der Waals surface area contributed by atoms with E-state index in [1.54, 1.807) is 11.1 Å². The number of halogens is 3. The number of rotatable bonds is 11. The summed E-state index contributed by atoms with van der Waals surface area (Å²) in [5.41, 5.74) is 2.23. The number of H-pyrrole nitrogens is 1. The fraction of sp³-hybridized carbons (Fsp3) is 0.485. The molecule has 1 aromatic heterocycles. The summed E-state index contributed by atoms with van der Waals surface area (Å²) in [5, 5.41) is 25.3. The third kappa shape index (κ3) is 7.06. The maximum atomic E-state index is 14.2. The van der Waals surface area contributed by atoms with Crippen LogP contribution in [0.1, 0.15) is 42.9 Å². The molecule has 0 radical (unpaired) electrons. The second kappa shape index (κ2) is 13.4. The Labute approximate surface area is 264 Å². The number of aliphatic hydroxyl groups excluding tert-OH is 2. The van der Waals surface area contributed by atoms with Crippen LogP contribution >= 0.6 is 0 Å². The first-order valence-corrected chi connectivity index (χ1v) is 15.4. The Hall–Kier alpha value is -3.94. The highest BCUT2D eigenvalue weighted by molar-refractivity contribution is 5.93. The third-order valence-electron chi connectivity index (χ3n) is 9.36. The van der Waals surface area contributed by atoms with Crippen LogP contribution in [0.2, 0.25) is 0 Å². The predicted molar refractivity (Wildman–Crippen MR) is 163 cm³/mol. The Morgan fingerprint density at radius 3 is 2.48 bits per heavy atom. The molecule has 1 aliphatic carbocycles. The predicted octanol–water partition coefficient (Wildman–Crippen LogP) is 2.51. The van der Waals surface area contributed by atoms with Crippen molar-refractivity contribution in [2.24, 2.45) is 0 Å². The number of piperidine rings is 1. The van der Waals surface area contributed by atoms with Crippen molar-refractivity contribution in [3.63, 3.8) is 0 Å². The molecule has 1 fully saturated rings. The van der Waals surface area contributed by atoms with Gasteiger partial charge in [0.05, 0.1) is 12.7 Å². The lowest BCUT2D eigenvalue weighted by Gasteiger charge is -2.41. The summed E-state index contributed by atoms with van der Waals surface area (Å²) in [6, 6.07) is 14.7. The van der Waals surface area contributed by atoms with E-state index in [4.69, 9.17) is 0 Å². The van der Waals surface area contributed by atoms with Crippen molar-refractivity contribution in [3.05, 3.63) is 71.4 Å². The molecule has 248 valence electrons. The van der Waals surface area contributed by atoms with Gasteiger partial charge in [-0.2, -0.15) is 13.2 Å². The number of aromatic amines is 1. The molecule has 10 nitrogen and oxygen atoms in total. The van der Waals surface area contributed by atoms with Gasteiger partial charge >= 0.3 is 12.1 Å². The molecule has 2 aromatic carbocycles. The first-order valence-electron chi connectivity index (χ1n) is 15.4. The number of aromatic nitrogens is 1. The quantitative estimate of drug-likeness (QED) is 0.202. The lowest BCUT2D eigenvalue weighted by Crippen LogP contribution is -2.63. The van der Waals surface area contributed by atoms with Crippen LogP contribution in [-0.2, 0) is 37.4 Å². The number of nitrogens with zero attached hydrogens (tertiary/aromatic N) is 1. The van der Waals surface area contributed by atoms with Gasteiger partial charge in [0.15, 0.2) is 0 Å². The van der Waals surface area contributed by atoms with Gasteiger partial charge in [-0.15, -0.1) is 0 Å². The van der Waals surface area contributed by atoms with E-state index in [1.165, 1.54) is 18.1 Å². The van der Waals surface area contributed by atoms with Gasteiger partial charge in [0.1, 0.15) is 18.2 Å². The highest BCUT2D eigenvalue weighted by Crippen LogP contribution is 2.46. The smallest absolute Gasteiger partial charge is 0.457 e. The number of esters is 1. The molecule has 5 rings (SSSR count). The number of alkyl halides is 3. The van der Waals surface area contributed by atoms with Crippen molar-refractivity contribution in [1.29, 1.82) is 0 Å². The van der Waals surface area contributed by atoms with Crippen molar-refractivity contribution >= 4 is 28.7 Å². The van der Waals surface area contributed by atoms with Crippen LogP contribution in [0.4, 0.5) is 13.2 Å². The summed E-state index contributed by atoms with van der Waals surface area (Å²) in [6.07, 6.45) is -1.31. The molecule has 1 saturated heterocycles. The SMILES string of the molecule is CC(COC(=O)C(F)(F)F)(NC[C@@H](O)CO)C(=O)N[C@H](Cc1c[nH]c2ccccc12)C(=O)N1CCC2(CCc3ccccc32)CC1. The van der Waals surface area contributed by atoms with E-state index < -0.39 is 55.5 Å². The first kappa shape index (κ1) is 33.4. The highest BCUT2D eigenvalue weighted by Gasteiger charge is 2.46. The molecule has 2 amide bonds. The maximum absolute atomic E-state index is 14.2. The van der Waals surface area contributed by atoms with E-state index in [2.05, 4.69) is 32.5 Å². The Morgan fingerprint density at radius 2 is 1.76 bits per heavy atom. The van der Waals surface area contributed by atoms with Gasteiger partial charge in [-0.25, -0.2) is 4.79 Å². The summed E-state index contributed by atoms with van der Waals surface area (Å²) in [7, 11) is 0. The van der Waals surface area contributed by atoms with E-state index in [1.807, 2.05) is 36.4 Å².